The largest absolute Gasteiger partial charge is 1.00 e. The van der Waals surface area contributed by atoms with Crippen LogP contribution in [0.25, 0.3) is 0 Å². The quantitative estimate of drug-likeness (QED) is 0.452. The van der Waals surface area contributed by atoms with E-state index in [1.54, 1.807) is 0 Å². The molecule has 2 N–H and O–H groups in total. The third-order valence-corrected chi connectivity index (χ3v) is 2.21. The Bertz CT molecular complexity index is 263. The molecule has 1 aliphatic heterocycles. The van der Waals surface area contributed by atoms with Crippen LogP contribution in [-0.2, 0) is 9.59 Å². The van der Waals surface area contributed by atoms with Gasteiger partial charge in [-0.3, -0.25) is 10.1 Å². The molecule has 1 saturated heterocycles. The Morgan fingerprint density at radius 3 is 2.40 bits per heavy atom. The fraction of sp³-hybridized carbons (Fsp3) is 0.778. The van der Waals surface area contributed by atoms with Crippen LogP contribution in [0.4, 0.5) is 0 Å². The van der Waals surface area contributed by atoms with Crippen molar-refractivity contribution in [3.8, 4) is 0 Å². The molecular formula is C9H15KN2O3. The summed E-state index contributed by atoms with van der Waals surface area (Å²) in [5, 5.41) is 16.1. The molecule has 80 valence electrons. The number of carboxylic acids is 1. The first-order valence-electron chi connectivity index (χ1n) is 4.57. The van der Waals surface area contributed by atoms with Crippen molar-refractivity contribution in [3.05, 3.63) is 0 Å². The molecule has 0 radical (unpaired) electrons. The van der Waals surface area contributed by atoms with Crippen LogP contribution in [0.15, 0.2) is 0 Å². The predicted octanol–water partition coefficient (Wildman–Crippen LogP) is -4.41. The number of aliphatic carboxylic acids is 1. The Morgan fingerprint density at radius 1 is 1.47 bits per heavy atom. The van der Waals surface area contributed by atoms with E-state index in [-0.39, 0.29) is 75.3 Å². The third-order valence-electron chi connectivity index (χ3n) is 2.21. The zero-order valence-electron chi connectivity index (χ0n) is 9.59. The molecule has 0 bridgehead atoms. The standard InChI is InChI=1S/C9H16N2O3.K/c1-9(2,3)8-10-5(7(13)14)4-6(12)11-8;/h5,8,10H,4H2,1-3H3,(H,11,12)(H,13,14);/q;+1/p-1/t5-,8+;/m0./s1. The Hall–Kier alpha value is 0.536. The SMILES string of the molecule is CC(C)(C)[C@H]1NC(=O)C[C@@H](C(=O)[O-])N1.[K+]. The van der Waals surface area contributed by atoms with E-state index < -0.39 is 12.0 Å². The zero-order chi connectivity index (χ0) is 10.9. The van der Waals surface area contributed by atoms with Crippen LogP contribution < -0.4 is 67.1 Å². The van der Waals surface area contributed by atoms with Crippen LogP contribution >= 0.6 is 0 Å². The first-order valence-corrected chi connectivity index (χ1v) is 4.57. The molecule has 1 fully saturated rings. The minimum absolute atomic E-state index is 0. The van der Waals surface area contributed by atoms with Gasteiger partial charge in [-0.2, -0.15) is 0 Å². The second kappa shape index (κ2) is 5.74. The molecule has 1 rings (SSSR count). The Morgan fingerprint density at radius 2 is 2.00 bits per heavy atom. The number of carboxylic acid groups (broad SMARTS) is 1. The average Bonchev–Trinajstić information content (AvgIpc) is 2.01. The normalized spacial score (nSPS) is 26.5. The monoisotopic (exact) mass is 238 g/mol. The molecule has 0 saturated carbocycles. The van der Waals surface area contributed by atoms with Crippen LogP contribution in [-0.4, -0.2) is 24.1 Å². The second-order valence-corrected chi connectivity index (χ2v) is 4.61. The Labute approximate surface area is 132 Å². The van der Waals surface area contributed by atoms with E-state index in [1.165, 1.54) is 0 Å². The first kappa shape index (κ1) is 15.5. The van der Waals surface area contributed by atoms with Gasteiger partial charge in [-0.05, 0) is 5.41 Å². The third kappa shape index (κ3) is 4.50. The van der Waals surface area contributed by atoms with Crippen LogP contribution in [0, 0.1) is 5.41 Å². The number of hydrogen-bond acceptors (Lipinski definition) is 4. The van der Waals surface area contributed by atoms with Crippen molar-refractivity contribution < 1.29 is 66.1 Å². The molecule has 0 spiro atoms. The van der Waals surface area contributed by atoms with Gasteiger partial charge in [0, 0.05) is 6.42 Å². The Balaban J connectivity index is 0.00000196. The van der Waals surface area contributed by atoms with Gasteiger partial charge in [0.1, 0.15) is 0 Å². The molecule has 0 aromatic heterocycles. The van der Waals surface area contributed by atoms with Gasteiger partial charge in [0.2, 0.25) is 5.91 Å². The molecule has 0 unspecified atom stereocenters. The van der Waals surface area contributed by atoms with Crippen LogP contribution in [0.2, 0.25) is 0 Å². The average molecular weight is 238 g/mol. The van der Waals surface area contributed by atoms with Gasteiger partial charge in [-0.25, -0.2) is 0 Å². The summed E-state index contributed by atoms with van der Waals surface area (Å²) in [6, 6.07) is -0.882. The number of carbonyl (C=O) groups is 2. The molecular weight excluding hydrogens is 223 g/mol. The van der Waals surface area contributed by atoms with E-state index in [0.717, 1.165) is 0 Å². The summed E-state index contributed by atoms with van der Waals surface area (Å²) in [5.74, 6) is -1.48. The molecule has 5 nitrogen and oxygen atoms in total. The van der Waals surface area contributed by atoms with E-state index in [2.05, 4.69) is 10.6 Å². The van der Waals surface area contributed by atoms with E-state index in [1.807, 2.05) is 20.8 Å². The topological polar surface area (TPSA) is 81.3 Å². The van der Waals surface area contributed by atoms with Crippen molar-refractivity contribution in [1.29, 1.82) is 0 Å². The van der Waals surface area contributed by atoms with Gasteiger partial charge < -0.3 is 15.2 Å². The summed E-state index contributed by atoms with van der Waals surface area (Å²) in [6.45, 7) is 5.76. The summed E-state index contributed by atoms with van der Waals surface area (Å²) in [5.41, 5.74) is -0.218. The first-order chi connectivity index (χ1) is 6.30. The van der Waals surface area contributed by atoms with E-state index >= 15 is 0 Å². The maximum Gasteiger partial charge on any atom is 1.00 e. The zero-order valence-corrected chi connectivity index (χ0v) is 12.7. The molecule has 0 aromatic rings. The van der Waals surface area contributed by atoms with E-state index in [4.69, 9.17) is 0 Å². The number of amides is 1. The number of rotatable bonds is 1. The predicted molar refractivity (Wildman–Crippen MR) is 47.9 cm³/mol. The second-order valence-electron chi connectivity index (χ2n) is 4.61. The van der Waals surface area contributed by atoms with E-state index in [9.17, 15) is 14.7 Å². The molecule has 1 aliphatic rings. The van der Waals surface area contributed by atoms with Crippen molar-refractivity contribution in [2.45, 2.75) is 39.4 Å². The minimum atomic E-state index is -1.23. The Kier molecular flexibility index (Phi) is 5.95. The summed E-state index contributed by atoms with van der Waals surface area (Å²) in [4.78, 5) is 21.8. The van der Waals surface area contributed by atoms with Crippen molar-refractivity contribution in [2.75, 3.05) is 0 Å². The summed E-state index contributed by atoms with van der Waals surface area (Å²) in [7, 11) is 0. The molecule has 1 heterocycles. The van der Waals surface area contributed by atoms with Crippen molar-refractivity contribution in [2.24, 2.45) is 5.41 Å². The van der Waals surface area contributed by atoms with Gasteiger partial charge in [-0.1, -0.05) is 20.8 Å². The van der Waals surface area contributed by atoms with E-state index in [0.29, 0.717) is 0 Å². The van der Waals surface area contributed by atoms with Gasteiger partial charge in [0.15, 0.2) is 0 Å². The maximum atomic E-state index is 11.2. The van der Waals surface area contributed by atoms with Crippen LogP contribution in [0.3, 0.4) is 0 Å². The van der Waals surface area contributed by atoms with Gasteiger partial charge in [0.05, 0.1) is 18.2 Å². The van der Waals surface area contributed by atoms with Gasteiger partial charge in [-0.15, -0.1) is 0 Å². The summed E-state index contributed by atoms with van der Waals surface area (Å²) < 4.78 is 0. The number of nitrogens with one attached hydrogen (secondary N) is 2. The molecule has 1 amide bonds. The molecule has 15 heavy (non-hydrogen) atoms. The molecule has 6 heteroatoms. The fourth-order valence-electron chi connectivity index (χ4n) is 1.32. The summed E-state index contributed by atoms with van der Waals surface area (Å²) >= 11 is 0. The molecule has 2 atom stereocenters. The van der Waals surface area contributed by atoms with Crippen LogP contribution in [0.1, 0.15) is 27.2 Å². The van der Waals surface area contributed by atoms with Crippen molar-refractivity contribution in [3.63, 3.8) is 0 Å². The molecule has 0 aromatic carbocycles. The fourth-order valence-corrected chi connectivity index (χ4v) is 1.32. The molecule has 0 aliphatic carbocycles. The van der Waals surface area contributed by atoms with Gasteiger partial charge >= 0.3 is 51.4 Å². The maximum absolute atomic E-state index is 11.2. The van der Waals surface area contributed by atoms with Crippen molar-refractivity contribution >= 4 is 11.9 Å². The van der Waals surface area contributed by atoms with Gasteiger partial charge in [0.25, 0.3) is 0 Å². The number of hydrogen-bond donors (Lipinski definition) is 2. The summed E-state index contributed by atoms with van der Waals surface area (Å²) in [6.07, 6.45) is -0.388. The minimum Gasteiger partial charge on any atom is -0.548 e. The van der Waals surface area contributed by atoms with Crippen molar-refractivity contribution in [1.82, 2.24) is 10.6 Å². The number of carbonyl (C=O) groups excluding carboxylic acids is 2. The van der Waals surface area contributed by atoms with Crippen LogP contribution in [0.5, 0.6) is 0 Å². The smallest absolute Gasteiger partial charge is 0.548 e.